The fourth-order valence-electron chi connectivity index (χ4n) is 5.09. The second-order valence-corrected chi connectivity index (χ2v) is 9.92. The number of carbonyl (C=O) groups is 2. The number of hydrogen-bond donors (Lipinski definition) is 2. The Labute approximate surface area is 226 Å². The number of piperazine rings is 1. The number of nitrogens with one attached hydrogen (secondary N) is 1. The summed E-state index contributed by atoms with van der Waals surface area (Å²) in [5, 5.41) is 3.28. The van der Waals surface area contributed by atoms with Crippen LogP contribution in [0.3, 0.4) is 0 Å². The molecule has 3 aromatic rings. The molecule has 3 N–H and O–H groups in total. The lowest BCUT2D eigenvalue weighted by Gasteiger charge is -2.35. The summed E-state index contributed by atoms with van der Waals surface area (Å²) in [7, 11) is 0. The highest BCUT2D eigenvalue weighted by Crippen LogP contribution is 2.33. The van der Waals surface area contributed by atoms with Gasteiger partial charge in [0.2, 0.25) is 0 Å². The van der Waals surface area contributed by atoms with Gasteiger partial charge < -0.3 is 25.6 Å². The summed E-state index contributed by atoms with van der Waals surface area (Å²) in [5.74, 6) is -0.579. The number of nitrogens with zero attached hydrogens (tertiary/aromatic N) is 2. The molecule has 0 bridgehead atoms. The molecule has 2 amide bonds. The van der Waals surface area contributed by atoms with Gasteiger partial charge in [-0.3, -0.25) is 9.59 Å². The zero-order valence-electron chi connectivity index (χ0n) is 21.7. The van der Waals surface area contributed by atoms with E-state index in [-0.39, 0.29) is 29.3 Å². The van der Waals surface area contributed by atoms with Gasteiger partial charge in [-0.25, -0.2) is 8.78 Å². The molecule has 2 saturated heterocycles. The Morgan fingerprint density at radius 2 is 1.56 bits per heavy atom. The first-order chi connectivity index (χ1) is 18.9. The predicted octanol–water partition coefficient (Wildman–Crippen LogP) is 3.47. The monoisotopic (exact) mass is 534 g/mol. The maximum atomic E-state index is 14.1. The van der Waals surface area contributed by atoms with Crippen LogP contribution in [-0.2, 0) is 6.42 Å². The zero-order chi connectivity index (χ0) is 27.4. The van der Waals surface area contributed by atoms with Gasteiger partial charge in [0.1, 0.15) is 23.5 Å². The van der Waals surface area contributed by atoms with Gasteiger partial charge >= 0.3 is 0 Å². The SMILES string of the molecule is NCCc1cc(F)cc(C(=O)N2CCN(C(=O)c3ccc(OC4CCNC4)c(-c4ccc(F)cc4)c3)CC2)c1. The van der Waals surface area contributed by atoms with Crippen molar-refractivity contribution in [3.05, 3.63) is 89.0 Å². The second-order valence-electron chi connectivity index (χ2n) is 9.92. The molecule has 9 heteroatoms. The van der Waals surface area contributed by atoms with Crippen molar-refractivity contribution in [1.82, 2.24) is 15.1 Å². The number of halogens is 2. The number of benzene rings is 3. The van der Waals surface area contributed by atoms with Crippen molar-refractivity contribution in [1.29, 1.82) is 0 Å². The molecule has 0 aromatic heterocycles. The van der Waals surface area contributed by atoms with Crippen molar-refractivity contribution >= 4 is 11.8 Å². The number of ether oxygens (including phenoxy) is 1. The average Bonchev–Trinajstić information content (AvgIpc) is 3.46. The predicted molar refractivity (Wildman–Crippen MR) is 145 cm³/mol. The second kappa shape index (κ2) is 11.9. The fourth-order valence-corrected chi connectivity index (χ4v) is 5.09. The molecule has 0 radical (unpaired) electrons. The van der Waals surface area contributed by atoms with Crippen LogP contribution in [0.1, 0.15) is 32.7 Å². The summed E-state index contributed by atoms with van der Waals surface area (Å²) in [6.45, 7) is 3.39. The molecule has 0 aliphatic carbocycles. The van der Waals surface area contributed by atoms with Crippen molar-refractivity contribution in [2.75, 3.05) is 45.8 Å². The van der Waals surface area contributed by atoms with E-state index in [9.17, 15) is 18.4 Å². The molecular weight excluding hydrogens is 502 g/mol. The quantitative estimate of drug-likeness (QED) is 0.485. The molecule has 1 unspecified atom stereocenters. The largest absolute Gasteiger partial charge is 0.488 e. The van der Waals surface area contributed by atoms with Crippen molar-refractivity contribution in [3.63, 3.8) is 0 Å². The van der Waals surface area contributed by atoms with E-state index in [0.717, 1.165) is 30.6 Å². The lowest BCUT2D eigenvalue weighted by atomic mass is 10.0. The third kappa shape index (κ3) is 6.26. The van der Waals surface area contributed by atoms with Crippen LogP contribution in [0.5, 0.6) is 5.75 Å². The van der Waals surface area contributed by atoms with Gasteiger partial charge in [0.15, 0.2) is 0 Å². The minimum Gasteiger partial charge on any atom is -0.488 e. The molecule has 2 aliphatic rings. The van der Waals surface area contributed by atoms with E-state index in [1.54, 1.807) is 46.2 Å². The maximum absolute atomic E-state index is 14.1. The summed E-state index contributed by atoms with van der Waals surface area (Å²) in [6.07, 6.45) is 1.40. The molecule has 1 atom stereocenters. The highest BCUT2D eigenvalue weighted by Gasteiger charge is 2.27. The molecule has 2 heterocycles. The minimum absolute atomic E-state index is 0.0286. The number of carbonyl (C=O) groups excluding carboxylic acids is 2. The Morgan fingerprint density at radius 1 is 0.872 bits per heavy atom. The van der Waals surface area contributed by atoms with Crippen molar-refractivity contribution in [2.24, 2.45) is 5.73 Å². The van der Waals surface area contributed by atoms with Gasteiger partial charge in [0.25, 0.3) is 11.8 Å². The summed E-state index contributed by atoms with van der Waals surface area (Å²) < 4.78 is 33.9. The van der Waals surface area contributed by atoms with Gasteiger partial charge in [0, 0.05) is 49.4 Å². The van der Waals surface area contributed by atoms with Gasteiger partial charge in [-0.05, 0) is 85.6 Å². The highest BCUT2D eigenvalue weighted by atomic mass is 19.1. The van der Waals surface area contributed by atoms with Crippen LogP contribution in [0.2, 0.25) is 0 Å². The Balaban J connectivity index is 1.30. The lowest BCUT2D eigenvalue weighted by Crippen LogP contribution is -2.50. The summed E-state index contributed by atoms with van der Waals surface area (Å²) in [5.41, 5.74) is 8.52. The smallest absolute Gasteiger partial charge is 0.254 e. The van der Waals surface area contributed by atoms with Gasteiger partial charge in [0.05, 0.1) is 0 Å². The Hall–Kier alpha value is -3.82. The summed E-state index contributed by atoms with van der Waals surface area (Å²) >= 11 is 0. The van der Waals surface area contributed by atoms with Crippen LogP contribution in [-0.4, -0.2) is 73.5 Å². The Kier molecular flexibility index (Phi) is 8.18. The normalized spacial score (nSPS) is 17.4. The molecular formula is C30H32F2N4O3. The van der Waals surface area contributed by atoms with E-state index in [4.69, 9.17) is 10.5 Å². The average molecular weight is 535 g/mol. The zero-order valence-corrected chi connectivity index (χ0v) is 21.7. The Morgan fingerprint density at radius 3 is 2.21 bits per heavy atom. The molecule has 2 fully saturated rings. The van der Waals surface area contributed by atoms with E-state index >= 15 is 0 Å². The van der Waals surface area contributed by atoms with Crippen LogP contribution in [0.15, 0.2) is 60.7 Å². The van der Waals surface area contributed by atoms with Gasteiger partial charge in [-0.1, -0.05) is 12.1 Å². The number of hydrogen-bond acceptors (Lipinski definition) is 5. The first kappa shape index (κ1) is 26.8. The molecule has 39 heavy (non-hydrogen) atoms. The van der Waals surface area contributed by atoms with Gasteiger partial charge in [-0.2, -0.15) is 0 Å². The summed E-state index contributed by atoms with van der Waals surface area (Å²) in [4.78, 5) is 29.8. The van der Waals surface area contributed by atoms with Crippen LogP contribution >= 0.6 is 0 Å². The van der Waals surface area contributed by atoms with Crippen LogP contribution in [0.25, 0.3) is 11.1 Å². The Bertz CT molecular complexity index is 1330. The lowest BCUT2D eigenvalue weighted by molar-refractivity contribution is 0.0535. The first-order valence-corrected chi connectivity index (χ1v) is 13.3. The van der Waals surface area contributed by atoms with Crippen LogP contribution in [0, 0.1) is 11.6 Å². The van der Waals surface area contributed by atoms with Crippen molar-refractivity contribution < 1.29 is 23.1 Å². The third-order valence-corrected chi connectivity index (χ3v) is 7.18. The first-order valence-electron chi connectivity index (χ1n) is 13.3. The standard InChI is InChI=1S/C30H32F2N4O3/c31-24-4-1-21(2-5-24)27-18-22(3-6-28(27)39-26-8-10-34-19-26)29(37)35-11-13-36(14-12-35)30(38)23-15-20(7-9-33)16-25(32)17-23/h1-6,15-18,26,34H,7-14,19,33H2. The van der Waals surface area contributed by atoms with Crippen LogP contribution < -0.4 is 15.8 Å². The minimum atomic E-state index is -0.466. The fraction of sp³-hybridized carbons (Fsp3) is 0.333. The van der Waals surface area contributed by atoms with E-state index in [0.29, 0.717) is 56.0 Å². The van der Waals surface area contributed by atoms with E-state index < -0.39 is 5.82 Å². The number of nitrogens with two attached hydrogens (primary N) is 1. The van der Waals surface area contributed by atoms with E-state index in [1.165, 1.54) is 24.3 Å². The van der Waals surface area contributed by atoms with Crippen LogP contribution in [0.4, 0.5) is 8.78 Å². The molecule has 204 valence electrons. The van der Waals surface area contributed by atoms with E-state index in [1.807, 2.05) is 0 Å². The molecule has 0 saturated carbocycles. The number of rotatable bonds is 7. The van der Waals surface area contributed by atoms with Gasteiger partial charge in [-0.15, -0.1) is 0 Å². The topological polar surface area (TPSA) is 87.9 Å². The highest BCUT2D eigenvalue weighted by molar-refractivity contribution is 5.97. The third-order valence-electron chi connectivity index (χ3n) is 7.18. The van der Waals surface area contributed by atoms with Crippen molar-refractivity contribution in [2.45, 2.75) is 18.9 Å². The summed E-state index contributed by atoms with van der Waals surface area (Å²) in [6, 6.07) is 15.8. The van der Waals surface area contributed by atoms with Crippen molar-refractivity contribution in [3.8, 4) is 16.9 Å². The molecule has 5 rings (SSSR count). The maximum Gasteiger partial charge on any atom is 0.254 e. The molecule has 3 aromatic carbocycles. The molecule has 0 spiro atoms. The van der Waals surface area contributed by atoms with E-state index in [2.05, 4.69) is 5.32 Å². The molecule has 7 nitrogen and oxygen atoms in total. The molecule has 2 aliphatic heterocycles. The number of amides is 2.